The molecule has 0 saturated carbocycles. The topological polar surface area (TPSA) is 151 Å². The summed E-state index contributed by atoms with van der Waals surface area (Å²) in [6.45, 7) is -0.710. The largest absolute Gasteiger partial charge is 0.480 e. The molecule has 9 nitrogen and oxygen atoms in total. The van der Waals surface area contributed by atoms with E-state index in [1.165, 1.54) is 0 Å². The molecule has 6 N–H and O–H groups in total. The highest BCUT2D eigenvalue weighted by molar-refractivity contribution is 7.98. The summed E-state index contributed by atoms with van der Waals surface area (Å²) in [5.41, 5.74) is 5.63. The van der Waals surface area contributed by atoms with E-state index >= 15 is 0 Å². The minimum Gasteiger partial charge on any atom is -0.480 e. The third kappa shape index (κ3) is 10.0. The lowest BCUT2D eigenvalue weighted by molar-refractivity contribution is -0.141. The number of nitrogens with one attached hydrogen (secondary N) is 3. The Bertz CT molecular complexity index is 436. The van der Waals surface area contributed by atoms with Gasteiger partial charge in [0.25, 0.3) is 0 Å². The molecule has 0 aromatic heterocycles. The van der Waals surface area contributed by atoms with Crippen molar-refractivity contribution in [2.75, 3.05) is 30.9 Å². The molecule has 0 spiro atoms. The molecule has 0 rings (SSSR count). The van der Waals surface area contributed by atoms with Gasteiger partial charge in [0.1, 0.15) is 6.04 Å². The molecule has 2 atom stereocenters. The predicted molar refractivity (Wildman–Crippen MR) is 90.4 cm³/mol. The third-order valence-electron chi connectivity index (χ3n) is 2.65. The van der Waals surface area contributed by atoms with E-state index in [9.17, 15) is 19.2 Å². The van der Waals surface area contributed by atoms with Crippen molar-refractivity contribution >= 4 is 48.1 Å². The Balaban J connectivity index is 4.00. The van der Waals surface area contributed by atoms with E-state index in [4.69, 9.17) is 10.8 Å². The normalized spacial score (nSPS) is 12.8. The molecule has 132 valence electrons. The average molecular weight is 366 g/mol. The fourth-order valence-corrected chi connectivity index (χ4v) is 2.08. The Morgan fingerprint density at radius 2 is 1.78 bits per heavy atom. The molecule has 0 aliphatic rings. The molecule has 0 aromatic rings. The van der Waals surface area contributed by atoms with Crippen LogP contribution >= 0.6 is 24.4 Å². The van der Waals surface area contributed by atoms with Crippen LogP contribution in [0.2, 0.25) is 0 Å². The lowest BCUT2D eigenvalue weighted by Crippen LogP contribution is -2.49. The number of carboxylic acid groups (broad SMARTS) is 1. The molecule has 0 aliphatic heterocycles. The molecule has 11 heteroatoms. The molecule has 0 radical (unpaired) electrons. The van der Waals surface area contributed by atoms with Crippen molar-refractivity contribution in [1.29, 1.82) is 0 Å². The van der Waals surface area contributed by atoms with Crippen LogP contribution in [0.4, 0.5) is 0 Å². The van der Waals surface area contributed by atoms with E-state index in [1.54, 1.807) is 11.8 Å². The van der Waals surface area contributed by atoms with Crippen molar-refractivity contribution in [3.05, 3.63) is 0 Å². The zero-order valence-electron chi connectivity index (χ0n) is 12.7. The second-order valence-electron chi connectivity index (χ2n) is 4.52. The highest BCUT2D eigenvalue weighted by atomic mass is 32.2. The van der Waals surface area contributed by atoms with Crippen LogP contribution in [-0.4, -0.2) is 71.7 Å². The van der Waals surface area contributed by atoms with Gasteiger partial charge >= 0.3 is 5.97 Å². The molecule has 0 bridgehead atoms. The highest BCUT2D eigenvalue weighted by Gasteiger charge is 2.18. The van der Waals surface area contributed by atoms with Crippen LogP contribution in [0.5, 0.6) is 0 Å². The number of amides is 3. The number of rotatable bonds is 11. The number of thiol groups is 1. The van der Waals surface area contributed by atoms with Gasteiger partial charge in [-0.1, -0.05) is 0 Å². The van der Waals surface area contributed by atoms with Crippen LogP contribution < -0.4 is 21.7 Å². The summed E-state index contributed by atoms with van der Waals surface area (Å²) < 4.78 is 0. The maximum absolute atomic E-state index is 11.6. The number of hydrogen-bond donors (Lipinski definition) is 6. The predicted octanol–water partition coefficient (Wildman–Crippen LogP) is -2.20. The molecule has 0 aliphatic carbocycles. The van der Waals surface area contributed by atoms with E-state index in [1.807, 2.05) is 6.26 Å². The van der Waals surface area contributed by atoms with Crippen molar-refractivity contribution in [1.82, 2.24) is 16.0 Å². The van der Waals surface area contributed by atoms with E-state index < -0.39 is 42.3 Å². The zero-order valence-corrected chi connectivity index (χ0v) is 14.4. The first-order valence-corrected chi connectivity index (χ1v) is 8.76. The van der Waals surface area contributed by atoms with Crippen LogP contribution in [-0.2, 0) is 19.2 Å². The molecule has 0 heterocycles. The van der Waals surface area contributed by atoms with E-state index in [0.717, 1.165) is 5.75 Å². The first-order chi connectivity index (χ1) is 10.8. The van der Waals surface area contributed by atoms with Crippen LogP contribution in [0.25, 0.3) is 0 Å². The molecule has 0 aromatic carbocycles. The van der Waals surface area contributed by atoms with Gasteiger partial charge in [0.2, 0.25) is 17.7 Å². The van der Waals surface area contributed by atoms with Crippen molar-refractivity contribution in [3.63, 3.8) is 0 Å². The van der Waals surface area contributed by atoms with Gasteiger partial charge in [-0.3, -0.25) is 14.4 Å². The van der Waals surface area contributed by atoms with Crippen molar-refractivity contribution in [2.45, 2.75) is 18.5 Å². The summed E-state index contributed by atoms with van der Waals surface area (Å²) >= 11 is 5.35. The lowest BCUT2D eigenvalue weighted by Gasteiger charge is -2.13. The number of carbonyl (C=O) groups is 4. The monoisotopic (exact) mass is 366 g/mol. The SMILES string of the molecule is CSCCC(N)C(=O)NCC(=O)NCC(=O)NC(CS)C(=O)O. The number of carboxylic acids is 1. The lowest BCUT2D eigenvalue weighted by atomic mass is 10.2. The minimum atomic E-state index is -1.22. The summed E-state index contributed by atoms with van der Waals surface area (Å²) in [6.07, 6.45) is 2.39. The molecule has 3 amide bonds. The van der Waals surface area contributed by atoms with Gasteiger partial charge in [0.05, 0.1) is 19.1 Å². The van der Waals surface area contributed by atoms with Gasteiger partial charge in [0, 0.05) is 5.75 Å². The Hall–Kier alpha value is -1.46. The molecular weight excluding hydrogens is 344 g/mol. The molecule has 0 fully saturated rings. The van der Waals surface area contributed by atoms with Crippen LogP contribution in [0.15, 0.2) is 0 Å². The fourth-order valence-electron chi connectivity index (χ4n) is 1.35. The van der Waals surface area contributed by atoms with Crippen molar-refractivity contribution in [3.8, 4) is 0 Å². The Labute approximate surface area is 143 Å². The maximum atomic E-state index is 11.6. The number of thioether (sulfide) groups is 1. The fraction of sp³-hybridized carbons (Fsp3) is 0.667. The standard InChI is InChI=1S/C12H22N4O5S2/c1-23-3-2-7(13)11(19)15-4-9(17)14-5-10(18)16-8(6-22)12(20)21/h7-8,22H,2-6,13H2,1H3,(H,14,17)(H,15,19)(H,16,18)(H,20,21). The Morgan fingerprint density at radius 1 is 1.17 bits per heavy atom. The number of nitrogens with two attached hydrogens (primary N) is 1. The molecule has 23 heavy (non-hydrogen) atoms. The summed E-state index contributed by atoms with van der Waals surface area (Å²) in [4.78, 5) is 45.2. The van der Waals surface area contributed by atoms with Gasteiger partial charge in [-0.25, -0.2) is 4.79 Å². The quantitative estimate of drug-likeness (QED) is 0.227. The van der Waals surface area contributed by atoms with Crippen molar-refractivity contribution in [2.24, 2.45) is 5.73 Å². The molecule has 0 saturated heterocycles. The first kappa shape index (κ1) is 21.5. The van der Waals surface area contributed by atoms with Gasteiger partial charge in [0.15, 0.2) is 0 Å². The van der Waals surface area contributed by atoms with Crippen LogP contribution in [0.3, 0.4) is 0 Å². The van der Waals surface area contributed by atoms with E-state index in [2.05, 4.69) is 28.6 Å². The summed E-state index contributed by atoms with van der Waals surface area (Å²) in [6, 6.07) is -1.82. The van der Waals surface area contributed by atoms with E-state index in [0.29, 0.717) is 6.42 Å². The van der Waals surface area contributed by atoms with Crippen LogP contribution in [0.1, 0.15) is 6.42 Å². The molecular formula is C12H22N4O5S2. The third-order valence-corrected chi connectivity index (χ3v) is 3.66. The summed E-state index contributed by atoms with van der Waals surface area (Å²) in [5.74, 6) is -2.24. The Kier molecular flexibility index (Phi) is 11.3. The zero-order chi connectivity index (χ0) is 17.8. The number of aliphatic carboxylic acids is 1. The van der Waals surface area contributed by atoms with Gasteiger partial charge in [-0.05, 0) is 18.4 Å². The minimum absolute atomic E-state index is 0.0704. The van der Waals surface area contributed by atoms with Gasteiger partial charge < -0.3 is 26.8 Å². The number of hydrogen-bond acceptors (Lipinski definition) is 7. The van der Waals surface area contributed by atoms with Gasteiger partial charge in [-0.15, -0.1) is 0 Å². The summed E-state index contributed by atoms with van der Waals surface area (Å²) in [7, 11) is 0. The Morgan fingerprint density at radius 3 is 2.30 bits per heavy atom. The average Bonchev–Trinajstić information content (AvgIpc) is 2.52. The van der Waals surface area contributed by atoms with Crippen molar-refractivity contribution < 1.29 is 24.3 Å². The first-order valence-electron chi connectivity index (χ1n) is 6.73. The second kappa shape index (κ2) is 12.0. The van der Waals surface area contributed by atoms with E-state index in [-0.39, 0.29) is 12.3 Å². The van der Waals surface area contributed by atoms with Gasteiger partial charge in [-0.2, -0.15) is 24.4 Å². The number of carbonyl (C=O) groups excluding carboxylic acids is 3. The highest BCUT2D eigenvalue weighted by Crippen LogP contribution is 1.98. The van der Waals surface area contributed by atoms with Crippen LogP contribution in [0, 0.1) is 0 Å². The maximum Gasteiger partial charge on any atom is 0.327 e. The molecule has 2 unspecified atom stereocenters. The summed E-state index contributed by atoms with van der Waals surface area (Å²) in [5, 5.41) is 15.6. The smallest absolute Gasteiger partial charge is 0.327 e. The second-order valence-corrected chi connectivity index (χ2v) is 5.87.